The summed E-state index contributed by atoms with van der Waals surface area (Å²) >= 11 is 7.07. The Labute approximate surface area is 204 Å². The topological polar surface area (TPSA) is 88.9 Å². The number of amides is 2. The van der Waals surface area contributed by atoms with E-state index in [0.29, 0.717) is 27.3 Å². The lowest BCUT2D eigenvalue weighted by Crippen LogP contribution is -2.24. The zero-order valence-electron chi connectivity index (χ0n) is 17.7. The third kappa shape index (κ3) is 6.00. The molecule has 4 aromatic rings. The first-order chi connectivity index (χ1) is 16.5. The standard InChI is InChI=1S/C24H19ClFN5O2S/c25-17-11-9-16(10-12-17)23(33)27-14-21-29-30-24(31(21)20-7-2-1-3-8-20)34-15-22(32)28-19-6-4-5-18(26)13-19/h1-13H,14-15H2,(H,27,33)(H,28,32). The molecule has 0 aliphatic rings. The van der Waals surface area contributed by atoms with E-state index in [9.17, 15) is 14.0 Å². The van der Waals surface area contributed by atoms with Gasteiger partial charge in [0.2, 0.25) is 5.91 Å². The van der Waals surface area contributed by atoms with Gasteiger partial charge in [-0.1, -0.05) is 47.6 Å². The molecule has 4 rings (SSSR count). The van der Waals surface area contributed by atoms with Gasteiger partial charge in [0, 0.05) is 22.0 Å². The van der Waals surface area contributed by atoms with E-state index >= 15 is 0 Å². The second-order valence-corrected chi connectivity index (χ2v) is 8.49. The lowest BCUT2D eigenvalue weighted by molar-refractivity contribution is -0.113. The normalized spacial score (nSPS) is 10.6. The number of halogens is 2. The third-order valence-corrected chi connectivity index (χ3v) is 5.85. The summed E-state index contributed by atoms with van der Waals surface area (Å²) in [5.74, 6) is -0.474. The predicted molar refractivity (Wildman–Crippen MR) is 130 cm³/mol. The molecule has 7 nitrogen and oxygen atoms in total. The van der Waals surface area contributed by atoms with E-state index < -0.39 is 5.82 Å². The van der Waals surface area contributed by atoms with E-state index in [1.54, 1.807) is 34.9 Å². The van der Waals surface area contributed by atoms with Crippen LogP contribution in [-0.4, -0.2) is 32.3 Å². The number of carbonyl (C=O) groups is 2. The molecule has 3 aromatic carbocycles. The SMILES string of the molecule is O=C(CSc1nnc(CNC(=O)c2ccc(Cl)cc2)n1-c1ccccc1)Nc1cccc(F)c1. The van der Waals surface area contributed by atoms with Crippen molar-refractivity contribution < 1.29 is 14.0 Å². The Balaban J connectivity index is 1.47. The second kappa shape index (κ2) is 11.0. The van der Waals surface area contributed by atoms with Crippen molar-refractivity contribution in [3.63, 3.8) is 0 Å². The van der Waals surface area contributed by atoms with Gasteiger partial charge in [-0.25, -0.2) is 4.39 Å². The van der Waals surface area contributed by atoms with Gasteiger partial charge in [0.1, 0.15) is 5.82 Å². The van der Waals surface area contributed by atoms with Crippen LogP contribution in [0.15, 0.2) is 84.0 Å². The minimum Gasteiger partial charge on any atom is -0.345 e. The molecule has 34 heavy (non-hydrogen) atoms. The molecule has 0 atom stereocenters. The monoisotopic (exact) mass is 495 g/mol. The quantitative estimate of drug-likeness (QED) is 0.345. The predicted octanol–water partition coefficient (Wildman–Crippen LogP) is 4.72. The van der Waals surface area contributed by atoms with Gasteiger partial charge in [-0.3, -0.25) is 14.2 Å². The fourth-order valence-electron chi connectivity index (χ4n) is 3.10. The largest absolute Gasteiger partial charge is 0.345 e. The zero-order valence-corrected chi connectivity index (χ0v) is 19.3. The van der Waals surface area contributed by atoms with Gasteiger partial charge >= 0.3 is 0 Å². The van der Waals surface area contributed by atoms with E-state index in [1.165, 1.54) is 30.0 Å². The Morgan fingerprint density at radius 2 is 1.74 bits per heavy atom. The van der Waals surface area contributed by atoms with Crippen LogP contribution in [0.5, 0.6) is 0 Å². The summed E-state index contributed by atoms with van der Waals surface area (Å²) < 4.78 is 15.1. The molecule has 0 unspecified atom stereocenters. The summed E-state index contributed by atoms with van der Waals surface area (Å²) in [5.41, 5.74) is 1.64. The van der Waals surface area contributed by atoms with E-state index in [0.717, 1.165) is 5.69 Å². The molecule has 0 spiro atoms. The highest BCUT2D eigenvalue weighted by atomic mass is 35.5. The maximum atomic E-state index is 13.4. The summed E-state index contributed by atoms with van der Waals surface area (Å²) in [5, 5.41) is 15.0. The highest BCUT2D eigenvalue weighted by Gasteiger charge is 2.17. The first-order valence-corrected chi connectivity index (χ1v) is 11.6. The lowest BCUT2D eigenvalue weighted by atomic mass is 10.2. The highest BCUT2D eigenvalue weighted by Crippen LogP contribution is 2.22. The van der Waals surface area contributed by atoms with Gasteiger partial charge in [-0.05, 0) is 54.6 Å². The van der Waals surface area contributed by atoms with E-state index in [-0.39, 0.29) is 24.1 Å². The molecule has 0 radical (unpaired) electrons. The molecule has 0 saturated carbocycles. The Kier molecular flexibility index (Phi) is 7.56. The molecular formula is C24H19ClFN5O2S. The summed E-state index contributed by atoms with van der Waals surface area (Å²) in [6, 6.07) is 21.6. The van der Waals surface area contributed by atoms with Crippen LogP contribution in [0.1, 0.15) is 16.2 Å². The maximum Gasteiger partial charge on any atom is 0.251 e. The third-order valence-electron chi connectivity index (χ3n) is 4.67. The summed E-state index contributed by atoms with van der Waals surface area (Å²) in [7, 11) is 0. The molecule has 0 saturated heterocycles. The number of para-hydroxylation sites is 1. The van der Waals surface area contributed by atoms with E-state index in [4.69, 9.17) is 11.6 Å². The Morgan fingerprint density at radius 1 is 0.971 bits per heavy atom. The highest BCUT2D eigenvalue weighted by molar-refractivity contribution is 7.99. The van der Waals surface area contributed by atoms with Crippen LogP contribution in [0.3, 0.4) is 0 Å². The second-order valence-electron chi connectivity index (χ2n) is 7.11. The summed E-state index contributed by atoms with van der Waals surface area (Å²) in [4.78, 5) is 24.9. The average molecular weight is 496 g/mol. The number of anilines is 1. The number of aromatic nitrogens is 3. The van der Waals surface area contributed by atoms with Crippen LogP contribution < -0.4 is 10.6 Å². The minimum atomic E-state index is -0.431. The first kappa shape index (κ1) is 23.5. The Bertz CT molecular complexity index is 1300. The number of rotatable bonds is 8. The number of carbonyl (C=O) groups excluding carboxylic acids is 2. The lowest BCUT2D eigenvalue weighted by Gasteiger charge is -2.11. The number of thioether (sulfide) groups is 1. The molecule has 0 bridgehead atoms. The molecule has 0 aliphatic heterocycles. The van der Waals surface area contributed by atoms with Crippen LogP contribution >= 0.6 is 23.4 Å². The molecule has 1 heterocycles. The van der Waals surface area contributed by atoms with Crippen LogP contribution in [0.2, 0.25) is 5.02 Å². The minimum absolute atomic E-state index is 0.0403. The molecule has 2 amide bonds. The number of nitrogens with one attached hydrogen (secondary N) is 2. The van der Waals surface area contributed by atoms with Crippen molar-refractivity contribution in [2.24, 2.45) is 0 Å². The van der Waals surface area contributed by atoms with Gasteiger partial charge in [-0.15, -0.1) is 10.2 Å². The van der Waals surface area contributed by atoms with Gasteiger partial charge < -0.3 is 10.6 Å². The van der Waals surface area contributed by atoms with E-state index in [1.807, 2.05) is 30.3 Å². The van der Waals surface area contributed by atoms with Crippen molar-refractivity contribution in [2.75, 3.05) is 11.1 Å². The number of hydrogen-bond acceptors (Lipinski definition) is 5. The van der Waals surface area contributed by atoms with Crippen molar-refractivity contribution in [1.82, 2.24) is 20.1 Å². The molecule has 1 aromatic heterocycles. The van der Waals surface area contributed by atoms with Crippen molar-refractivity contribution in [3.8, 4) is 5.69 Å². The van der Waals surface area contributed by atoms with Crippen LogP contribution in [0.25, 0.3) is 5.69 Å². The van der Waals surface area contributed by atoms with Crippen molar-refractivity contribution in [2.45, 2.75) is 11.7 Å². The van der Waals surface area contributed by atoms with Crippen LogP contribution in [0, 0.1) is 5.82 Å². The fraction of sp³-hybridized carbons (Fsp3) is 0.0833. The molecule has 10 heteroatoms. The number of hydrogen-bond donors (Lipinski definition) is 2. The van der Waals surface area contributed by atoms with E-state index in [2.05, 4.69) is 20.8 Å². The van der Waals surface area contributed by atoms with Crippen molar-refractivity contribution >= 4 is 40.9 Å². The molecule has 172 valence electrons. The van der Waals surface area contributed by atoms with Crippen LogP contribution in [0.4, 0.5) is 10.1 Å². The summed E-state index contributed by atoms with van der Waals surface area (Å²) in [6.07, 6.45) is 0. The van der Waals surface area contributed by atoms with Gasteiger partial charge in [0.15, 0.2) is 11.0 Å². The number of nitrogens with zero attached hydrogens (tertiary/aromatic N) is 3. The smallest absolute Gasteiger partial charge is 0.251 e. The average Bonchev–Trinajstić information content (AvgIpc) is 3.25. The van der Waals surface area contributed by atoms with Crippen molar-refractivity contribution in [3.05, 3.63) is 101 Å². The maximum absolute atomic E-state index is 13.4. The Morgan fingerprint density at radius 3 is 2.47 bits per heavy atom. The molecule has 0 fully saturated rings. The summed E-state index contributed by atoms with van der Waals surface area (Å²) in [6.45, 7) is 0.124. The Hall–Kier alpha value is -3.69. The van der Waals surface area contributed by atoms with Gasteiger partial charge in [0.25, 0.3) is 5.91 Å². The molecular weight excluding hydrogens is 477 g/mol. The fourth-order valence-corrected chi connectivity index (χ4v) is 4.00. The number of benzene rings is 3. The molecule has 2 N–H and O–H groups in total. The van der Waals surface area contributed by atoms with Crippen LogP contribution in [-0.2, 0) is 11.3 Å². The van der Waals surface area contributed by atoms with Gasteiger partial charge in [-0.2, -0.15) is 0 Å². The van der Waals surface area contributed by atoms with Gasteiger partial charge in [0.05, 0.1) is 12.3 Å². The first-order valence-electron chi connectivity index (χ1n) is 10.2. The van der Waals surface area contributed by atoms with Crippen molar-refractivity contribution in [1.29, 1.82) is 0 Å². The molecule has 0 aliphatic carbocycles. The zero-order chi connectivity index (χ0) is 23.9.